The molecule has 0 radical (unpaired) electrons. The minimum atomic E-state index is -0.971. The zero-order chi connectivity index (χ0) is 22.1. The van der Waals surface area contributed by atoms with Crippen LogP contribution in [0.3, 0.4) is 0 Å². The molecule has 1 fully saturated rings. The first-order valence-corrected chi connectivity index (χ1v) is 10.7. The average molecular weight is 421 g/mol. The number of nitrogens with one attached hydrogen (secondary N) is 2. The molecule has 0 unspecified atom stereocenters. The molecule has 162 valence electrons. The molecule has 0 aromatic heterocycles. The maximum atomic E-state index is 12.7. The zero-order valence-electron chi connectivity index (χ0n) is 18.0. The highest BCUT2D eigenvalue weighted by Crippen LogP contribution is 2.37. The number of carbonyl (C=O) groups is 3. The zero-order valence-corrected chi connectivity index (χ0v) is 18.0. The summed E-state index contributed by atoms with van der Waals surface area (Å²) in [4.78, 5) is 39.6. The molecule has 1 saturated heterocycles. The van der Waals surface area contributed by atoms with E-state index >= 15 is 0 Å². The van der Waals surface area contributed by atoms with Crippen molar-refractivity contribution in [3.8, 4) is 0 Å². The van der Waals surface area contributed by atoms with Gasteiger partial charge in [-0.3, -0.25) is 9.59 Å². The van der Waals surface area contributed by atoms with E-state index in [0.717, 1.165) is 30.6 Å². The number of fused-ring (bicyclic) bond motifs is 3. The first-order chi connectivity index (χ1) is 14.8. The standard InChI is InChI=1S/C24H27N3O4/c1-14(2)17-7-4-5-8-18(17)25-22(28)15(3)31-24(30)16-10-11-20-19(13-16)26-23(29)21-9-6-12-27(20)21/h4-5,7-8,10-11,13-15,21H,6,9,12H2,1-3H3,(H,25,28)(H,26,29)/t15-,21-/m1/s1. The van der Waals surface area contributed by atoms with E-state index in [1.807, 2.05) is 44.2 Å². The minimum Gasteiger partial charge on any atom is -0.449 e. The van der Waals surface area contributed by atoms with Crippen molar-refractivity contribution >= 4 is 34.8 Å². The van der Waals surface area contributed by atoms with Crippen molar-refractivity contribution in [3.63, 3.8) is 0 Å². The van der Waals surface area contributed by atoms with Crippen molar-refractivity contribution in [2.75, 3.05) is 22.1 Å². The first kappa shape index (κ1) is 20.9. The fourth-order valence-electron chi connectivity index (χ4n) is 4.19. The third-order valence-electron chi connectivity index (χ3n) is 5.85. The molecule has 0 spiro atoms. The molecule has 2 atom stereocenters. The van der Waals surface area contributed by atoms with Gasteiger partial charge in [0.15, 0.2) is 6.10 Å². The van der Waals surface area contributed by atoms with Crippen molar-refractivity contribution < 1.29 is 19.1 Å². The molecule has 4 rings (SSSR count). The van der Waals surface area contributed by atoms with E-state index in [0.29, 0.717) is 16.9 Å². The summed E-state index contributed by atoms with van der Waals surface area (Å²) in [5.74, 6) is -0.810. The molecule has 2 aromatic rings. The second-order valence-electron chi connectivity index (χ2n) is 8.35. The molecule has 31 heavy (non-hydrogen) atoms. The van der Waals surface area contributed by atoms with Gasteiger partial charge in [0, 0.05) is 12.2 Å². The van der Waals surface area contributed by atoms with Crippen LogP contribution in [0.2, 0.25) is 0 Å². The summed E-state index contributed by atoms with van der Waals surface area (Å²) in [7, 11) is 0. The largest absolute Gasteiger partial charge is 0.449 e. The Morgan fingerprint density at radius 3 is 2.71 bits per heavy atom. The number of para-hydroxylation sites is 1. The van der Waals surface area contributed by atoms with Crippen LogP contribution in [0.15, 0.2) is 42.5 Å². The highest BCUT2D eigenvalue weighted by atomic mass is 16.5. The van der Waals surface area contributed by atoms with E-state index in [1.165, 1.54) is 0 Å². The van der Waals surface area contributed by atoms with Crippen molar-refractivity contribution in [2.45, 2.75) is 51.7 Å². The Morgan fingerprint density at radius 1 is 1.16 bits per heavy atom. The topological polar surface area (TPSA) is 87.7 Å². The van der Waals surface area contributed by atoms with Crippen molar-refractivity contribution in [3.05, 3.63) is 53.6 Å². The summed E-state index contributed by atoms with van der Waals surface area (Å²) in [5, 5.41) is 5.73. The van der Waals surface area contributed by atoms with E-state index in [9.17, 15) is 14.4 Å². The number of benzene rings is 2. The van der Waals surface area contributed by atoms with E-state index in [1.54, 1.807) is 19.1 Å². The normalized spacial score (nSPS) is 18.1. The average Bonchev–Trinajstić information content (AvgIpc) is 3.24. The summed E-state index contributed by atoms with van der Waals surface area (Å²) in [6.07, 6.45) is 0.830. The predicted octanol–water partition coefficient (Wildman–Crippen LogP) is 3.91. The van der Waals surface area contributed by atoms with Crippen LogP contribution in [0.25, 0.3) is 0 Å². The molecule has 0 aliphatic carbocycles. The molecule has 0 bridgehead atoms. The monoisotopic (exact) mass is 421 g/mol. The summed E-state index contributed by atoms with van der Waals surface area (Å²) in [6, 6.07) is 12.5. The maximum absolute atomic E-state index is 12.7. The fraction of sp³-hybridized carbons (Fsp3) is 0.375. The number of amides is 2. The third kappa shape index (κ3) is 4.13. The number of nitrogens with zero attached hydrogens (tertiary/aromatic N) is 1. The van der Waals surface area contributed by atoms with Crippen LogP contribution < -0.4 is 15.5 Å². The summed E-state index contributed by atoms with van der Waals surface area (Å²) in [5.41, 5.74) is 3.52. The van der Waals surface area contributed by atoms with E-state index in [-0.39, 0.29) is 17.9 Å². The molecule has 2 aliphatic heterocycles. The van der Waals surface area contributed by atoms with Crippen LogP contribution >= 0.6 is 0 Å². The van der Waals surface area contributed by atoms with Gasteiger partial charge in [0.2, 0.25) is 5.91 Å². The van der Waals surface area contributed by atoms with Crippen LogP contribution in [0.1, 0.15) is 55.5 Å². The van der Waals surface area contributed by atoms with Crippen molar-refractivity contribution in [2.24, 2.45) is 0 Å². The number of hydrogen-bond donors (Lipinski definition) is 2. The number of esters is 1. The molecular formula is C24H27N3O4. The third-order valence-corrected chi connectivity index (χ3v) is 5.85. The summed E-state index contributed by atoms with van der Waals surface area (Å²) >= 11 is 0. The van der Waals surface area contributed by atoms with Gasteiger partial charge in [-0.25, -0.2) is 4.79 Å². The molecule has 2 aliphatic rings. The van der Waals surface area contributed by atoms with Gasteiger partial charge in [0.25, 0.3) is 5.91 Å². The molecule has 2 heterocycles. The second-order valence-corrected chi connectivity index (χ2v) is 8.35. The number of anilines is 3. The smallest absolute Gasteiger partial charge is 0.338 e. The van der Waals surface area contributed by atoms with Gasteiger partial charge in [0.1, 0.15) is 6.04 Å². The van der Waals surface area contributed by atoms with Gasteiger partial charge >= 0.3 is 5.97 Å². The summed E-state index contributed by atoms with van der Waals surface area (Å²) < 4.78 is 5.40. The lowest BCUT2D eigenvalue weighted by atomic mass is 10.0. The Kier molecular flexibility index (Phi) is 5.67. The van der Waals surface area contributed by atoms with Gasteiger partial charge in [-0.2, -0.15) is 0 Å². The molecule has 2 N–H and O–H groups in total. The number of ether oxygens (including phenoxy) is 1. The molecule has 0 saturated carbocycles. The van der Waals surface area contributed by atoms with Crippen LogP contribution in [-0.2, 0) is 14.3 Å². The first-order valence-electron chi connectivity index (χ1n) is 10.7. The van der Waals surface area contributed by atoms with Gasteiger partial charge < -0.3 is 20.3 Å². The molecule has 7 heteroatoms. The van der Waals surface area contributed by atoms with Gasteiger partial charge in [-0.1, -0.05) is 32.0 Å². The quantitative estimate of drug-likeness (QED) is 0.715. The minimum absolute atomic E-state index is 0.0490. The Hall–Kier alpha value is -3.35. The summed E-state index contributed by atoms with van der Waals surface area (Å²) in [6.45, 7) is 6.46. The lowest BCUT2D eigenvalue weighted by Crippen LogP contribution is -2.43. The molecular weight excluding hydrogens is 394 g/mol. The number of hydrogen-bond acceptors (Lipinski definition) is 5. The number of carbonyl (C=O) groups excluding carboxylic acids is 3. The van der Waals surface area contributed by atoms with Crippen LogP contribution in [0.5, 0.6) is 0 Å². The second kappa shape index (κ2) is 8.41. The van der Waals surface area contributed by atoms with Crippen LogP contribution in [-0.4, -0.2) is 36.5 Å². The van der Waals surface area contributed by atoms with Crippen molar-refractivity contribution in [1.29, 1.82) is 0 Å². The van der Waals surface area contributed by atoms with Gasteiger partial charge in [-0.15, -0.1) is 0 Å². The van der Waals surface area contributed by atoms with Crippen molar-refractivity contribution in [1.82, 2.24) is 0 Å². The Labute approximate surface area is 181 Å². The highest BCUT2D eigenvalue weighted by Gasteiger charge is 2.36. The maximum Gasteiger partial charge on any atom is 0.338 e. The molecule has 2 amide bonds. The van der Waals surface area contributed by atoms with Gasteiger partial charge in [0.05, 0.1) is 16.9 Å². The Morgan fingerprint density at radius 2 is 1.94 bits per heavy atom. The van der Waals surface area contributed by atoms with Crippen LogP contribution in [0.4, 0.5) is 17.1 Å². The van der Waals surface area contributed by atoms with Gasteiger partial charge in [-0.05, 0) is 55.5 Å². The lowest BCUT2D eigenvalue weighted by Gasteiger charge is -2.33. The fourth-order valence-corrected chi connectivity index (χ4v) is 4.19. The highest BCUT2D eigenvalue weighted by molar-refractivity contribution is 6.06. The lowest BCUT2D eigenvalue weighted by molar-refractivity contribution is -0.123. The molecule has 2 aromatic carbocycles. The Bertz CT molecular complexity index is 1030. The van der Waals surface area contributed by atoms with E-state index in [4.69, 9.17) is 4.74 Å². The van der Waals surface area contributed by atoms with E-state index in [2.05, 4.69) is 15.5 Å². The Balaban J connectivity index is 1.44. The predicted molar refractivity (Wildman–Crippen MR) is 119 cm³/mol. The van der Waals surface area contributed by atoms with Crippen LogP contribution in [0, 0.1) is 0 Å². The molecule has 7 nitrogen and oxygen atoms in total. The van der Waals surface area contributed by atoms with E-state index < -0.39 is 18.0 Å². The number of rotatable bonds is 5. The SMILES string of the molecule is CC(C)c1ccccc1NC(=O)[C@@H](C)OC(=O)c1ccc2c(c1)NC(=O)[C@H]1CCCN21.